The summed E-state index contributed by atoms with van der Waals surface area (Å²) in [4.78, 5) is 0. The van der Waals surface area contributed by atoms with Crippen LogP contribution in [0.1, 0.15) is 38.7 Å². The normalized spacial score (nSPS) is 28.3. The minimum atomic E-state index is -0.376. The van der Waals surface area contributed by atoms with Crippen LogP contribution in [0, 0.1) is 23.5 Å². The summed E-state index contributed by atoms with van der Waals surface area (Å²) < 4.78 is 26.5. The number of rotatable bonds is 3. The molecule has 0 saturated heterocycles. The first-order valence-corrected chi connectivity index (χ1v) is 6.72. The molecule has 0 bridgehead atoms. The largest absolute Gasteiger partial charge is 0.310 e. The van der Waals surface area contributed by atoms with Crippen molar-refractivity contribution in [3.63, 3.8) is 0 Å². The first kappa shape index (κ1) is 13.5. The zero-order valence-electron chi connectivity index (χ0n) is 11.0. The van der Waals surface area contributed by atoms with E-state index in [1.807, 2.05) is 0 Å². The number of nitrogens with one attached hydrogen (secondary N) is 1. The third-order valence-corrected chi connectivity index (χ3v) is 3.77. The van der Waals surface area contributed by atoms with E-state index in [9.17, 15) is 8.78 Å². The summed E-state index contributed by atoms with van der Waals surface area (Å²) in [7, 11) is 0. The lowest BCUT2D eigenvalue weighted by molar-refractivity contribution is 0.237. The van der Waals surface area contributed by atoms with Gasteiger partial charge in [-0.05, 0) is 49.3 Å². The lowest BCUT2D eigenvalue weighted by atomic mass is 9.80. The van der Waals surface area contributed by atoms with Crippen LogP contribution in [0.25, 0.3) is 0 Å². The van der Waals surface area contributed by atoms with E-state index in [1.165, 1.54) is 18.6 Å². The summed E-state index contributed by atoms with van der Waals surface area (Å²) in [5.74, 6) is 0.714. The van der Waals surface area contributed by atoms with Gasteiger partial charge in [0.25, 0.3) is 0 Å². The maximum atomic E-state index is 13.5. The number of hydrogen-bond acceptors (Lipinski definition) is 1. The SMILES string of the molecule is CC1CC(C)CC(NCc2cc(F)ccc2F)C1. The van der Waals surface area contributed by atoms with Gasteiger partial charge in [0.1, 0.15) is 11.6 Å². The fraction of sp³-hybridized carbons (Fsp3) is 0.600. The van der Waals surface area contributed by atoms with Gasteiger partial charge in [0, 0.05) is 18.2 Å². The van der Waals surface area contributed by atoms with Crippen LogP contribution in [0.3, 0.4) is 0 Å². The van der Waals surface area contributed by atoms with E-state index in [0.717, 1.165) is 18.9 Å². The topological polar surface area (TPSA) is 12.0 Å². The molecule has 0 amide bonds. The van der Waals surface area contributed by atoms with E-state index >= 15 is 0 Å². The molecule has 1 nitrogen and oxygen atoms in total. The highest BCUT2D eigenvalue weighted by atomic mass is 19.1. The zero-order chi connectivity index (χ0) is 13.1. The third kappa shape index (κ3) is 3.52. The molecular weight excluding hydrogens is 232 g/mol. The van der Waals surface area contributed by atoms with Crippen molar-refractivity contribution in [1.82, 2.24) is 5.32 Å². The average Bonchev–Trinajstić information content (AvgIpc) is 2.29. The molecule has 3 heteroatoms. The van der Waals surface area contributed by atoms with Crippen LogP contribution in [0.15, 0.2) is 18.2 Å². The highest BCUT2D eigenvalue weighted by Gasteiger charge is 2.23. The molecule has 2 atom stereocenters. The summed E-state index contributed by atoms with van der Waals surface area (Å²) in [5.41, 5.74) is 0.417. The fourth-order valence-corrected chi connectivity index (χ4v) is 3.05. The maximum Gasteiger partial charge on any atom is 0.127 e. The van der Waals surface area contributed by atoms with Crippen LogP contribution in [0.5, 0.6) is 0 Å². The molecule has 2 unspecified atom stereocenters. The zero-order valence-corrected chi connectivity index (χ0v) is 11.0. The second-order valence-corrected chi connectivity index (χ2v) is 5.73. The van der Waals surface area contributed by atoms with E-state index in [1.54, 1.807) is 0 Å². The van der Waals surface area contributed by atoms with Gasteiger partial charge in [0.2, 0.25) is 0 Å². The lowest BCUT2D eigenvalue weighted by Crippen LogP contribution is -2.36. The van der Waals surface area contributed by atoms with Crippen LogP contribution in [0.2, 0.25) is 0 Å². The van der Waals surface area contributed by atoms with E-state index in [0.29, 0.717) is 30.0 Å². The smallest absolute Gasteiger partial charge is 0.127 e. The minimum Gasteiger partial charge on any atom is -0.310 e. The van der Waals surface area contributed by atoms with Gasteiger partial charge < -0.3 is 5.32 Å². The molecule has 18 heavy (non-hydrogen) atoms. The molecule has 2 rings (SSSR count). The molecule has 0 aromatic heterocycles. The Balaban J connectivity index is 1.92. The monoisotopic (exact) mass is 253 g/mol. The third-order valence-electron chi connectivity index (χ3n) is 3.77. The summed E-state index contributed by atoms with van der Waals surface area (Å²) in [6, 6.07) is 4.05. The van der Waals surface area contributed by atoms with Crippen LogP contribution in [0.4, 0.5) is 8.78 Å². The van der Waals surface area contributed by atoms with Gasteiger partial charge in [-0.25, -0.2) is 8.78 Å². The van der Waals surface area contributed by atoms with Crippen molar-refractivity contribution in [1.29, 1.82) is 0 Å². The molecule has 1 fully saturated rings. The van der Waals surface area contributed by atoms with Crippen molar-refractivity contribution < 1.29 is 8.78 Å². The lowest BCUT2D eigenvalue weighted by Gasteiger charge is -2.32. The second-order valence-electron chi connectivity index (χ2n) is 5.73. The Morgan fingerprint density at radius 2 is 1.78 bits per heavy atom. The Morgan fingerprint density at radius 1 is 1.11 bits per heavy atom. The Hall–Kier alpha value is -0.960. The highest BCUT2D eigenvalue weighted by molar-refractivity contribution is 5.18. The van der Waals surface area contributed by atoms with Gasteiger partial charge in [-0.2, -0.15) is 0 Å². The van der Waals surface area contributed by atoms with Gasteiger partial charge in [-0.1, -0.05) is 13.8 Å². The number of halogens is 2. The maximum absolute atomic E-state index is 13.5. The molecule has 0 aliphatic heterocycles. The molecule has 100 valence electrons. The van der Waals surface area contributed by atoms with Gasteiger partial charge >= 0.3 is 0 Å². The van der Waals surface area contributed by atoms with Crippen molar-refractivity contribution in [2.45, 2.75) is 45.7 Å². The quantitative estimate of drug-likeness (QED) is 0.862. The van der Waals surface area contributed by atoms with Gasteiger partial charge in [0.05, 0.1) is 0 Å². The van der Waals surface area contributed by atoms with Gasteiger partial charge in [-0.3, -0.25) is 0 Å². The molecule has 0 radical (unpaired) electrons. The van der Waals surface area contributed by atoms with Crippen molar-refractivity contribution in [2.24, 2.45) is 11.8 Å². The minimum absolute atomic E-state index is 0.333. The Morgan fingerprint density at radius 3 is 2.44 bits per heavy atom. The summed E-state index contributed by atoms with van der Waals surface area (Å²) in [5, 5.41) is 3.36. The van der Waals surface area contributed by atoms with Gasteiger partial charge in [-0.15, -0.1) is 0 Å². The average molecular weight is 253 g/mol. The molecule has 1 aromatic carbocycles. The summed E-state index contributed by atoms with van der Waals surface area (Å²) in [6.45, 7) is 4.92. The number of hydrogen-bond donors (Lipinski definition) is 1. The van der Waals surface area contributed by atoms with Gasteiger partial charge in [0.15, 0.2) is 0 Å². The van der Waals surface area contributed by atoms with Crippen molar-refractivity contribution in [3.05, 3.63) is 35.4 Å². The van der Waals surface area contributed by atoms with Crippen LogP contribution < -0.4 is 5.32 Å². The Bertz CT molecular complexity index is 395. The van der Waals surface area contributed by atoms with E-state index in [4.69, 9.17) is 0 Å². The van der Waals surface area contributed by atoms with Crippen LogP contribution >= 0.6 is 0 Å². The molecule has 1 N–H and O–H groups in total. The van der Waals surface area contributed by atoms with E-state index in [2.05, 4.69) is 19.2 Å². The highest BCUT2D eigenvalue weighted by Crippen LogP contribution is 2.28. The summed E-state index contributed by atoms with van der Waals surface area (Å²) in [6.07, 6.45) is 3.52. The Labute approximate surface area is 108 Å². The molecule has 1 aromatic rings. The number of benzene rings is 1. The van der Waals surface area contributed by atoms with Crippen molar-refractivity contribution in [2.75, 3.05) is 0 Å². The molecule has 0 spiro atoms. The first-order valence-electron chi connectivity index (χ1n) is 6.72. The molecule has 1 saturated carbocycles. The van der Waals surface area contributed by atoms with E-state index in [-0.39, 0.29) is 11.6 Å². The molecular formula is C15H21F2N. The molecule has 0 heterocycles. The fourth-order valence-electron chi connectivity index (χ4n) is 3.05. The van der Waals surface area contributed by atoms with Crippen molar-refractivity contribution in [3.8, 4) is 0 Å². The Kier molecular flexibility index (Phi) is 4.33. The van der Waals surface area contributed by atoms with Crippen LogP contribution in [-0.2, 0) is 6.54 Å². The first-order chi connectivity index (χ1) is 8.54. The standard InChI is InChI=1S/C15H21F2N/c1-10-5-11(2)7-14(6-10)18-9-12-8-13(16)3-4-15(12)17/h3-4,8,10-11,14,18H,5-7,9H2,1-2H3. The molecule has 1 aliphatic rings. The predicted molar refractivity (Wildman–Crippen MR) is 69.2 cm³/mol. The summed E-state index contributed by atoms with van der Waals surface area (Å²) >= 11 is 0. The molecule has 1 aliphatic carbocycles. The van der Waals surface area contributed by atoms with E-state index < -0.39 is 0 Å². The van der Waals surface area contributed by atoms with Crippen molar-refractivity contribution >= 4 is 0 Å². The second kappa shape index (κ2) is 5.79. The van der Waals surface area contributed by atoms with Crippen LogP contribution in [-0.4, -0.2) is 6.04 Å². The predicted octanol–water partition coefficient (Wildman–Crippen LogP) is 3.88.